The van der Waals surface area contributed by atoms with E-state index in [1.54, 1.807) is 0 Å². The van der Waals surface area contributed by atoms with E-state index >= 15 is 0 Å². The first-order valence-corrected chi connectivity index (χ1v) is 5.36. The fourth-order valence-electron chi connectivity index (χ4n) is 1.29. The van der Waals surface area contributed by atoms with Crippen LogP contribution >= 0.6 is 0 Å². The van der Waals surface area contributed by atoms with Crippen molar-refractivity contribution in [3.8, 4) is 0 Å². The molecule has 1 amide bonds. The Morgan fingerprint density at radius 3 is 2.71 bits per heavy atom. The molecule has 0 saturated heterocycles. The third kappa shape index (κ3) is 4.23. The normalized spacial score (nSPS) is 10.2. The second-order valence-electron chi connectivity index (χ2n) is 3.53. The van der Waals surface area contributed by atoms with Gasteiger partial charge in [0.05, 0.1) is 0 Å². The summed E-state index contributed by atoms with van der Waals surface area (Å²) in [7, 11) is 0. The summed E-state index contributed by atoms with van der Waals surface area (Å²) in [5, 5.41) is 11.1. The Hall–Kier alpha value is -1.89. The molecule has 0 aliphatic rings. The van der Waals surface area contributed by atoms with Gasteiger partial charge in [0, 0.05) is 19.3 Å². The Labute approximate surface area is 96.9 Å². The van der Waals surface area contributed by atoms with Crippen LogP contribution in [0.15, 0.2) is 15.8 Å². The molecule has 0 atom stereocenters. The van der Waals surface area contributed by atoms with E-state index in [9.17, 15) is 14.4 Å². The van der Waals surface area contributed by atoms with E-state index < -0.39 is 17.2 Å². The molecule has 0 radical (unpaired) electrons. The van der Waals surface area contributed by atoms with Crippen molar-refractivity contribution in [2.24, 2.45) is 0 Å². The molecular weight excluding hydrogens is 226 g/mol. The molecule has 0 saturated carbocycles. The Morgan fingerprint density at radius 2 is 2.06 bits per heavy atom. The van der Waals surface area contributed by atoms with Crippen LogP contribution in [0.4, 0.5) is 0 Å². The van der Waals surface area contributed by atoms with Crippen LogP contribution in [-0.2, 0) is 0 Å². The number of nitrogens with one attached hydrogen (secondary N) is 3. The number of rotatable bonds is 6. The smallest absolute Gasteiger partial charge is 0.325 e. The van der Waals surface area contributed by atoms with Gasteiger partial charge in [0.1, 0.15) is 5.56 Å². The van der Waals surface area contributed by atoms with Crippen molar-refractivity contribution in [1.29, 1.82) is 0 Å². The lowest BCUT2D eigenvalue weighted by molar-refractivity contribution is 0.0951. The van der Waals surface area contributed by atoms with E-state index in [4.69, 9.17) is 5.11 Å². The predicted molar refractivity (Wildman–Crippen MR) is 61.0 cm³/mol. The maximum atomic E-state index is 11.5. The van der Waals surface area contributed by atoms with Gasteiger partial charge in [-0.2, -0.15) is 0 Å². The standard InChI is InChI=1S/C10H15N3O4/c14-5-3-1-2-4-11-8(15)7-6-12-10(17)13-9(7)16/h6,14H,1-5H2,(H,11,15)(H2,12,13,16,17). The van der Waals surface area contributed by atoms with E-state index in [-0.39, 0.29) is 12.2 Å². The molecule has 1 heterocycles. The van der Waals surface area contributed by atoms with Gasteiger partial charge in [-0.1, -0.05) is 0 Å². The van der Waals surface area contributed by atoms with Crippen LogP contribution in [0.3, 0.4) is 0 Å². The second-order valence-corrected chi connectivity index (χ2v) is 3.53. The minimum atomic E-state index is -0.707. The zero-order valence-electron chi connectivity index (χ0n) is 9.28. The van der Waals surface area contributed by atoms with Crippen LogP contribution in [0, 0.1) is 0 Å². The maximum absolute atomic E-state index is 11.5. The van der Waals surface area contributed by atoms with Gasteiger partial charge in [-0.3, -0.25) is 14.6 Å². The summed E-state index contributed by atoms with van der Waals surface area (Å²) in [5.74, 6) is -0.522. The molecule has 7 heteroatoms. The number of aromatic amines is 2. The molecule has 0 aromatic carbocycles. The Morgan fingerprint density at radius 1 is 1.29 bits per heavy atom. The van der Waals surface area contributed by atoms with E-state index in [1.165, 1.54) is 0 Å². The third-order valence-corrected chi connectivity index (χ3v) is 2.18. The van der Waals surface area contributed by atoms with Gasteiger partial charge in [-0.15, -0.1) is 0 Å². The maximum Gasteiger partial charge on any atom is 0.325 e. The average Bonchev–Trinajstić information content (AvgIpc) is 2.28. The Bertz CT molecular complexity index is 477. The van der Waals surface area contributed by atoms with E-state index in [1.807, 2.05) is 4.98 Å². The van der Waals surface area contributed by atoms with Gasteiger partial charge in [-0.25, -0.2) is 4.79 Å². The third-order valence-electron chi connectivity index (χ3n) is 2.18. The molecule has 0 spiro atoms. The predicted octanol–water partition coefficient (Wildman–Crippen LogP) is -1.04. The number of H-pyrrole nitrogens is 2. The van der Waals surface area contributed by atoms with Crippen LogP contribution in [0.1, 0.15) is 29.6 Å². The molecule has 1 aromatic heterocycles. The molecule has 0 unspecified atom stereocenters. The van der Waals surface area contributed by atoms with Crippen molar-refractivity contribution in [3.63, 3.8) is 0 Å². The zero-order valence-corrected chi connectivity index (χ0v) is 9.28. The quantitative estimate of drug-likeness (QED) is 0.476. The Kier molecular flexibility index (Phi) is 5.15. The first kappa shape index (κ1) is 13.2. The largest absolute Gasteiger partial charge is 0.396 e. The average molecular weight is 241 g/mol. The molecule has 0 aliphatic carbocycles. The van der Waals surface area contributed by atoms with Gasteiger partial charge in [0.25, 0.3) is 11.5 Å². The highest BCUT2D eigenvalue weighted by Gasteiger charge is 2.09. The summed E-state index contributed by atoms with van der Waals surface area (Å²) in [6.07, 6.45) is 3.31. The van der Waals surface area contributed by atoms with Crippen LogP contribution in [0.5, 0.6) is 0 Å². The van der Waals surface area contributed by atoms with Crippen molar-refractivity contribution < 1.29 is 9.90 Å². The number of aliphatic hydroxyl groups excluding tert-OH is 1. The molecule has 94 valence electrons. The second kappa shape index (κ2) is 6.64. The lowest BCUT2D eigenvalue weighted by Crippen LogP contribution is -2.33. The van der Waals surface area contributed by atoms with Crippen molar-refractivity contribution in [2.75, 3.05) is 13.2 Å². The summed E-state index contributed by atoms with van der Waals surface area (Å²) >= 11 is 0. The van der Waals surface area contributed by atoms with Crippen LogP contribution in [0.2, 0.25) is 0 Å². The number of unbranched alkanes of at least 4 members (excludes halogenated alkanes) is 2. The van der Waals surface area contributed by atoms with E-state index in [0.29, 0.717) is 13.0 Å². The Balaban J connectivity index is 2.47. The topological polar surface area (TPSA) is 115 Å². The van der Waals surface area contributed by atoms with Crippen molar-refractivity contribution in [3.05, 3.63) is 32.6 Å². The first-order valence-electron chi connectivity index (χ1n) is 5.36. The molecule has 4 N–H and O–H groups in total. The van der Waals surface area contributed by atoms with Gasteiger partial charge >= 0.3 is 5.69 Å². The lowest BCUT2D eigenvalue weighted by Gasteiger charge is -2.03. The number of hydrogen-bond acceptors (Lipinski definition) is 4. The molecule has 17 heavy (non-hydrogen) atoms. The summed E-state index contributed by atoms with van der Waals surface area (Å²) in [4.78, 5) is 37.7. The first-order chi connectivity index (χ1) is 8.15. The number of carbonyl (C=O) groups is 1. The monoisotopic (exact) mass is 241 g/mol. The number of amides is 1. The summed E-state index contributed by atoms with van der Waals surface area (Å²) in [5.41, 5.74) is -1.47. The molecule has 0 bridgehead atoms. The molecule has 1 aromatic rings. The fraction of sp³-hybridized carbons (Fsp3) is 0.500. The summed E-state index contributed by atoms with van der Waals surface area (Å²) in [6, 6.07) is 0. The highest BCUT2D eigenvalue weighted by atomic mass is 16.3. The van der Waals surface area contributed by atoms with Crippen LogP contribution in [0.25, 0.3) is 0 Å². The molecule has 0 fully saturated rings. The van der Waals surface area contributed by atoms with E-state index in [0.717, 1.165) is 19.0 Å². The highest BCUT2D eigenvalue weighted by Crippen LogP contribution is 1.93. The lowest BCUT2D eigenvalue weighted by atomic mass is 10.2. The molecular formula is C10H15N3O4. The number of hydrogen-bond donors (Lipinski definition) is 4. The van der Waals surface area contributed by atoms with Gasteiger partial charge in [0.15, 0.2) is 0 Å². The van der Waals surface area contributed by atoms with Crippen molar-refractivity contribution in [1.82, 2.24) is 15.3 Å². The molecule has 7 nitrogen and oxygen atoms in total. The zero-order chi connectivity index (χ0) is 12.7. The van der Waals surface area contributed by atoms with Gasteiger partial charge < -0.3 is 15.4 Å². The summed E-state index contributed by atoms with van der Waals surface area (Å²) < 4.78 is 0. The minimum Gasteiger partial charge on any atom is -0.396 e. The van der Waals surface area contributed by atoms with E-state index in [2.05, 4.69) is 10.3 Å². The van der Waals surface area contributed by atoms with Gasteiger partial charge in [0.2, 0.25) is 0 Å². The van der Waals surface area contributed by atoms with Crippen LogP contribution in [-0.4, -0.2) is 34.1 Å². The minimum absolute atomic E-state index is 0.119. The van der Waals surface area contributed by atoms with Crippen molar-refractivity contribution >= 4 is 5.91 Å². The number of carbonyl (C=O) groups excluding carboxylic acids is 1. The number of aromatic nitrogens is 2. The summed E-state index contributed by atoms with van der Waals surface area (Å²) in [6.45, 7) is 0.560. The molecule has 1 rings (SSSR count). The number of aliphatic hydroxyl groups is 1. The SMILES string of the molecule is O=C(NCCCCCO)c1c[nH]c(=O)[nH]c1=O. The molecule has 0 aliphatic heterocycles. The van der Waals surface area contributed by atoms with Crippen LogP contribution < -0.4 is 16.6 Å². The highest BCUT2D eigenvalue weighted by molar-refractivity contribution is 5.93. The fourth-order valence-corrected chi connectivity index (χ4v) is 1.29. The van der Waals surface area contributed by atoms with Crippen molar-refractivity contribution in [2.45, 2.75) is 19.3 Å². The van der Waals surface area contributed by atoms with Gasteiger partial charge in [-0.05, 0) is 19.3 Å².